The first-order valence-corrected chi connectivity index (χ1v) is 16.3. The Hall–Kier alpha value is -3.63. The van der Waals surface area contributed by atoms with Crippen molar-refractivity contribution < 1.29 is 14.3 Å². The topological polar surface area (TPSA) is 98.1 Å². The molecule has 2 aromatic carbocycles. The van der Waals surface area contributed by atoms with Gasteiger partial charge in [-0.2, -0.15) is 0 Å². The summed E-state index contributed by atoms with van der Waals surface area (Å²) in [6.07, 6.45) is 4.62. The van der Waals surface area contributed by atoms with E-state index in [-0.39, 0.29) is 23.7 Å². The van der Waals surface area contributed by atoms with E-state index >= 15 is 0 Å². The van der Waals surface area contributed by atoms with Gasteiger partial charge in [0.2, 0.25) is 5.91 Å². The molecule has 1 atom stereocenters. The maximum atomic E-state index is 13.4. The summed E-state index contributed by atoms with van der Waals surface area (Å²) >= 11 is 2.86. The van der Waals surface area contributed by atoms with Crippen LogP contribution in [0.15, 0.2) is 59.8 Å². The van der Waals surface area contributed by atoms with Gasteiger partial charge in [-0.3, -0.25) is 9.59 Å². The van der Waals surface area contributed by atoms with E-state index in [9.17, 15) is 9.59 Å². The highest BCUT2D eigenvalue weighted by Gasteiger charge is 2.27. The lowest BCUT2D eigenvalue weighted by atomic mass is 9.95. The molecule has 220 valence electrons. The Morgan fingerprint density at radius 1 is 1.02 bits per heavy atom. The van der Waals surface area contributed by atoms with Gasteiger partial charge < -0.3 is 19.9 Å². The fraction of sp³-hybridized carbons (Fsp3) is 0.375. The highest BCUT2D eigenvalue weighted by Crippen LogP contribution is 2.38. The number of fused-ring (bicyclic) bond motifs is 1. The Bertz CT molecular complexity index is 1520. The zero-order chi connectivity index (χ0) is 29.5. The normalized spacial score (nSPS) is 13.3. The zero-order valence-corrected chi connectivity index (χ0v) is 25.9. The summed E-state index contributed by atoms with van der Waals surface area (Å²) in [5, 5.41) is 16.1. The molecule has 0 saturated carbocycles. The number of nitrogens with one attached hydrogen (secondary N) is 2. The van der Waals surface area contributed by atoms with E-state index in [1.807, 2.05) is 60.9 Å². The van der Waals surface area contributed by atoms with Gasteiger partial charge in [-0.15, -0.1) is 21.5 Å². The van der Waals surface area contributed by atoms with E-state index in [4.69, 9.17) is 4.74 Å². The van der Waals surface area contributed by atoms with E-state index in [1.54, 1.807) is 0 Å². The molecule has 0 fully saturated rings. The lowest BCUT2D eigenvalue weighted by Crippen LogP contribution is -2.25. The number of carbonyl (C=O) groups is 2. The fourth-order valence-corrected chi connectivity index (χ4v) is 7.23. The molecule has 0 spiro atoms. The maximum Gasteiger partial charge on any atom is 0.254 e. The minimum atomic E-state index is -0.303. The molecule has 2 amide bonds. The molecule has 0 bridgehead atoms. The standard InChI is InChI=1S/C32H37N5O3S2/c1-4-22-15-17-24(18-16-22)40-21(3)29-35-36-32(37(29)5-2)41-20-27(38)34-31-28(25-13-9-10-14-26(25)42-31)30(39)33-19-23-11-7-6-8-12-23/h6-8,11-12,15-18,21H,4-5,9-10,13-14,19-20H2,1-3H3,(H,33,39)(H,34,38)/t21-/m0/s1. The van der Waals surface area contributed by atoms with Crippen LogP contribution in [0.25, 0.3) is 0 Å². The molecular weight excluding hydrogens is 567 g/mol. The largest absolute Gasteiger partial charge is 0.483 e. The first kappa shape index (κ1) is 29.8. The van der Waals surface area contributed by atoms with Gasteiger partial charge in [-0.05, 0) is 74.8 Å². The molecule has 2 N–H and O–H groups in total. The van der Waals surface area contributed by atoms with Crippen molar-refractivity contribution in [2.45, 2.75) is 77.2 Å². The van der Waals surface area contributed by atoms with E-state index in [0.717, 1.165) is 49.0 Å². The third kappa shape index (κ3) is 7.04. The number of thiophene rings is 1. The van der Waals surface area contributed by atoms with Crippen LogP contribution in [-0.4, -0.2) is 32.3 Å². The third-order valence-electron chi connectivity index (χ3n) is 7.35. The summed E-state index contributed by atoms with van der Waals surface area (Å²) < 4.78 is 8.12. The van der Waals surface area contributed by atoms with Crippen LogP contribution in [0.3, 0.4) is 0 Å². The van der Waals surface area contributed by atoms with Gasteiger partial charge >= 0.3 is 0 Å². The molecule has 1 aliphatic rings. The predicted molar refractivity (Wildman–Crippen MR) is 168 cm³/mol. The molecule has 5 rings (SSSR count). The lowest BCUT2D eigenvalue weighted by molar-refractivity contribution is -0.113. The van der Waals surface area contributed by atoms with Crippen LogP contribution < -0.4 is 15.4 Å². The summed E-state index contributed by atoms with van der Waals surface area (Å²) in [6, 6.07) is 17.9. The van der Waals surface area contributed by atoms with E-state index in [1.165, 1.54) is 33.5 Å². The van der Waals surface area contributed by atoms with Crippen LogP contribution in [0.2, 0.25) is 0 Å². The van der Waals surface area contributed by atoms with Gasteiger partial charge in [-0.1, -0.05) is 61.2 Å². The molecule has 10 heteroatoms. The van der Waals surface area contributed by atoms with Crippen molar-refractivity contribution in [3.8, 4) is 5.75 Å². The van der Waals surface area contributed by atoms with Crippen molar-refractivity contribution in [2.75, 3.05) is 11.1 Å². The quantitative estimate of drug-likeness (QED) is 0.177. The summed E-state index contributed by atoms with van der Waals surface area (Å²) in [5.41, 5.74) is 3.98. The van der Waals surface area contributed by atoms with Crippen molar-refractivity contribution >= 4 is 39.9 Å². The minimum Gasteiger partial charge on any atom is -0.483 e. The minimum absolute atomic E-state index is 0.144. The first-order chi connectivity index (χ1) is 20.5. The summed E-state index contributed by atoms with van der Waals surface area (Å²) in [7, 11) is 0. The van der Waals surface area contributed by atoms with Crippen LogP contribution in [0.4, 0.5) is 5.00 Å². The number of carbonyl (C=O) groups excluding carboxylic acids is 2. The van der Waals surface area contributed by atoms with Gasteiger partial charge in [0.15, 0.2) is 17.1 Å². The van der Waals surface area contributed by atoms with Crippen LogP contribution >= 0.6 is 23.1 Å². The number of anilines is 1. The van der Waals surface area contributed by atoms with Gasteiger partial charge in [-0.25, -0.2) is 0 Å². The molecule has 1 aliphatic carbocycles. The second-order valence-corrected chi connectivity index (χ2v) is 12.3. The average Bonchev–Trinajstić information content (AvgIpc) is 3.60. The first-order valence-electron chi connectivity index (χ1n) is 14.5. The Balaban J connectivity index is 1.24. The number of rotatable bonds is 12. The lowest BCUT2D eigenvalue weighted by Gasteiger charge is -2.16. The monoisotopic (exact) mass is 603 g/mol. The molecule has 0 radical (unpaired) electrons. The molecular formula is C32H37N5O3S2. The SMILES string of the molecule is CCc1ccc(O[C@@H](C)c2nnc(SCC(=O)Nc3sc4c(c3C(=O)NCc3ccccc3)CCCC4)n2CC)cc1. The second kappa shape index (κ2) is 14.0. The zero-order valence-electron chi connectivity index (χ0n) is 24.3. The Labute approximate surface area is 255 Å². The van der Waals surface area contributed by atoms with Gasteiger partial charge in [0.1, 0.15) is 10.8 Å². The number of benzene rings is 2. The van der Waals surface area contributed by atoms with E-state index in [2.05, 4.69) is 39.9 Å². The highest BCUT2D eigenvalue weighted by atomic mass is 32.2. The molecule has 4 aromatic rings. The average molecular weight is 604 g/mol. The van der Waals surface area contributed by atoms with Gasteiger partial charge in [0.25, 0.3) is 5.91 Å². The fourth-order valence-electron chi connectivity index (χ4n) is 5.12. The number of hydrogen-bond donors (Lipinski definition) is 2. The van der Waals surface area contributed by atoms with Crippen LogP contribution in [0.1, 0.15) is 77.5 Å². The Morgan fingerprint density at radius 2 is 1.79 bits per heavy atom. The van der Waals surface area contributed by atoms with Crippen molar-refractivity contribution in [3.63, 3.8) is 0 Å². The smallest absolute Gasteiger partial charge is 0.254 e. The number of hydrogen-bond acceptors (Lipinski definition) is 7. The second-order valence-electron chi connectivity index (χ2n) is 10.3. The molecule has 0 unspecified atom stereocenters. The number of thioether (sulfide) groups is 1. The summed E-state index contributed by atoms with van der Waals surface area (Å²) in [5.74, 6) is 1.32. The predicted octanol–water partition coefficient (Wildman–Crippen LogP) is 6.60. The Kier molecular flexibility index (Phi) is 9.97. The van der Waals surface area contributed by atoms with Crippen molar-refractivity contribution in [3.05, 3.63) is 87.6 Å². The number of aromatic nitrogens is 3. The molecule has 2 heterocycles. The number of amides is 2. The summed E-state index contributed by atoms with van der Waals surface area (Å²) in [6.45, 7) is 7.19. The van der Waals surface area contributed by atoms with Crippen molar-refractivity contribution in [1.82, 2.24) is 20.1 Å². The Morgan fingerprint density at radius 3 is 2.52 bits per heavy atom. The van der Waals surface area contributed by atoms with Gasteiger partial charge in [0, 0.05) is 18.0 Å². The maximum absolute atomic E-state index is 13.4. The molecule has 0 aliphatic heterocycles. The molecule has 0 saturated heterocycles. The number of ether oxygens (including phenoxy) is 1. The number of aryl methyl sites for hydroxylation is 2. The molecule has 8 nitrogen and oxygen atoms in total. The van der Waals surface area contributed by atoms with E-state index < -0.39 is 0 Å². The molecule has 2 aromatic heterocycles. The van der Waals surface area contributed by atoms with Crippen molar-refractivity contribution in [1.29, 1.82) is 0 Å². The van der Waals surface area contributed by atoms with Gasteiger partial charge in [0.05, 0.1) is 11.3 Å². The van der Waals surface area contributed by atoms with Crippen LogP contribution in [0.5, 0.6) is 5.75 Å². The van der Waals surface area contributed by atoms with Crippen LogP contribution in [0, 0.1) is 0 Å². The summed E-state index contributed by atoms with van der Waals surface area (Å²) in [4.78, 5) is 27.7. The van der Waals surface area contributed by atoms with E-state index in [0.29, 0.717) is 34.6 Å². The van der Waals surface area contributed by atoms with Crippen molar-refractivity contribution in [2.24, 2.45) is 0 Å². The highest BCUT2D eigenvalue weighted by molar-refractivity contribution is 7.99. The number of nitrogens with zero attached hydrogens (tertiary/aromatic N) is 3. The van der Waals surface area contributed by atoms with Crippen LogP contribution in [-0.2, 0) is 37.1 Å². The third-order valence-corrected chi connectivity index (χ3v) is 9.52. The molecule has 42 heavy (non-hydrogen) atoms.